The van der Waals surface area contributed by atoms with Crippen LogP contribution in [-0.2, 0) is 18.6 Å². The minimum atomic E-state index is -0.142. The lowest BCUT2D eigenvalue weighted by Gasteiger charge is -2.36. The molecule has 3 atom stereocenters. The molecule has 0 aliphatic heterocycles. The second kappa shape index (κ2) is 15.6. The smallest absolute Gasteiger partial charge is 0.146 e. The van der Waals surface area contributed by atoms with E-state index in [0.29, 0.717) is 10.5 Å². The van der Waals surface area contributed by atoms with Crippen molar-refractivity contribution in [1.29, 1.82) is 0 Å². The van der Waals surface area contributed by atoms with Crippen LogP contribution in [0.2, 0.25) is 0 Å². The number of rotatable bonds is 16. The van der Waals surface area contributed by atoms with Crippen molar-refractivity contribution < 1.29 is 18.6 Å². The summed E-state index contributed by atoms with van der Waals surface area (Å²) >= 11 is 0. The van der Waals surface area contributed by atoms with Gasteiger partial charge in [0.1, 0.15) is 10.5 Å². The fourth-order valence-corrected chi connectivity index (χ4v) is 4.03. The standard InChI is InChI=1S/C25H48O4Si/c1-10-19(4)26-22(7)13-16-25(29-30,17-14-23(8)27-20(5)11-2)18-15-24(9)28-21(6)12-3/h10-12,22-24H,13-18H2,1-9,30H3/b19-10-,20-11-,21-12-. The lowest BCUT2D eigenvalue weighted by Crippen LogP contribution is -2.35. The van der Waals surface area contributed by atoms with Crippen LogP contribution in [0.4, 0.5) is 0 Å². The van der Waals surface area contributed by atoms with E-state index < -0.39 is 0 Å². The molecule has 0 aliphatic rings. The zero-order valence-corrected chi connectivity index (χ0v) is 23.3. The normalized spacial score (nSPS) is 18.5. The molecule has 30 heavy (non-hydrogen) atoms. The van der Waals surface area contributed by atoms with Gasteiger partial charge in [0.15, 0.2) is 0 Å². The molecule has 4 nitrogen and oxygen atoms in total. The summed E-state index contributed by atoms with van der Waals surface area (Å²) in [4.78, 5) is 0. The van der Waals surface area contributed by atoms with E-state index in [1.165, 1.54) is 0 Å². The van der Waals surface area contributed by atoms with E-state index in [2.05, 4.69) is 20.8 Å². The number of allylic oxidation sites excluding steroid dienone is 6. The highest BCUT2D eigenvalue weighted by Crippen LogP contribution is 2.32. The maximum atomic E-state index is 6.31. The summed E-state index contributed by atoms with van der Waals surface area (Å²) in [5.41, 5.74) is -0.142. The highest BCUT2D eigenvalue weighted by molar-refractivity contribution is 5.98. The Hall–Kier alpha value is -1.20. The van der Waals surface area contributed by atoms with E-state index in [0.717, 1.165) is 55.8 Å². The van der Waals surface area contributed by atoms with Gasteiger partial charge >= 0.3 is 0 Å². The third kappa shape index (κ3) is 12.5. The van der Waals surface area contributed by atoms with Crippen LogP contribution in [0.1, 0.15) is 101 Å². The monoisotopic (exact) mass is 440 g/mol. The Bertz CT molecular complexity index is 479. The summed E-state index contributed by atoms with van der Waals surface area (Å²) in [7, 11) is 0.716. The average molecular weight is 441 g/mol. The highest BCUT2D eigenvalue weighted by Gasteiger charge is 2.31. The quantitative estimate of drug-likeness (QED) is 0.207. The summed E-state index contributed by atoms with van der Waals surface area (Å²) in [6, 6.07) is 0. The topological polar surface area (TPSA) is 36.9 Å². The molecule has 0 aromatic heterocycles. The average Bonchev–Trinajstić information content (AvgIpc) is 2.73. The molecule has 5 heteroatoms. The van der Waals surface area contributed by atoms with Gasteiger partial charge in [-0.3, -0.25) is 0 Å². The van der Waals surface area contributed by atoms with Crippen molar-refractivity contribution in [3.05, 3.63) is 35.5 Å². The van der Waals surface area contributed by atoms with Gasteiger partial charge in [-0.1, -0.05) is 0 Å². The van der Waals surface area contributed by atoms with Crippen LogP contribution in [0, 0.1) is 0 Å². The zero-order chi connectivity index (χ0) is 23.2. The van der Waals surface area contributed by atoms with Crippen LogP contribution in [0.5, 0.6) is 0 Å². The van der Waals surface area contributed by atoms with Gasteiger partial charge < -0.3 is 18.6 Å². The van der Waals surface area contributed by atoms with Gasteiger partial charge in [-0.05, 0) is 119 Å². The van der Waals surface area contributed by atoms with Gasteiger partial charge in [-0.15, -0.1) is 0 Å². The SMILES string of the molecule is C/C=C(/C)OC(C)CCC(CCC(C)O/C(C)=C\C)(CCC(C)O/C(C)=C\C)O[SiH3]. The summed E-state index contributed by atoms with van der Waals surface area (Å²) in [6.07, 6.45) is 12.4. The van der Waals surface area contributed by atoms with E-state index in [4.69, 9.17) is 18.6 Å². The van der Waals surface area contributed by atoms with Crippen molar-refractivity contribution >= 4 is 10.5 Å². The van der Waals surface area contributed by atoms with Crippen molar-refractivity contribution in [2.75, 3.05) is 0 Å². The molecule has 0 bridgehead atoms. The predicted molar refractivity (Wildman–Crippen MR) is 131 cm³/mol. The fourth-order valence-electron chi connectivity index (χ4n) is 3.41. The van der Waals surface area contributed by atoms with Gasteiger partial charge in [0, 0.05) is 0 Å². The lowest BCUT2D eigenvalue weighted by molar-refractivity contribution is 0.000575. The number of ether oxygens (including phenoxy) is 3. The lowest BCUT2D eigenvalue weighted by atomic mass is 9.85. The maximum Gasteiger partial charge on any atom is 0.146 e. The Morgan fingerprint density at radius 3 is 1.13 bits per heavy atom. The maximum absolute atomic E-state index is 6.31. The van der Waals surface area contributed by atoms with Crippen molar-refractivity contribution in [2.45, 2.75) is 125 Å². The minimum absolute atomic E-state index is 0.142. The van der Waals surface area contributed by atoms with Crippen LogP contribution in [-0.4, -0.2) is 34.4 Å². The second-order valence-corrected chi connectivity index (χ2v) is 8.89. The van der Waals surface area contributed by atoms with E-state index >= 15 is 0 Å². The predicted octanol–water partition coefficient (Wildman–Crippen LogP) is 6.35. The Balaban J connectivity index is 5.12. The van der Waals surface area contributed by atoms with Crippen LogP contribution >= 0.6 is 0 Å². The summed E-state index contributed by atoms with van der Waals surface area (Å²) < 4.78 is 24.2. The first-order chi connectivity index (χ1) is 14.1. The molecule has 0 fully saturated rings. The molecule has 0 aromatic rings. The van der Waals surface area contributed by atoms with Crippen molar-refractivity contribution in [3.63, 3.8) is 0 Å². The van der Waals surface area contributed by atoms with E-state index in [1.54, 1.807) is 0 Å². The van der Waals surface area contributed by atoms with Gasteiger partial charge in [0.25, 0.3) is 0 Å². The van der Waals surface area contributed by atoms with Gasteiger partial charge in [0.05, 0.1) is 41.2 Å². The second-order valence-electron chi connectivity index (χ2n) is 8.49. The molecule has 0 spiro atoms. The van der Waals surface area contributed by atoms with Crippen LogP contribution in [0.3, 0.4) is 0 Å². The van der Waals surface area contributed by atoms with Crippen molar-refractivity contribution in [2.24, 2.45) is 0 Å². The first kappa shape index (κ1) is 28.8. The molecule has 3 unspecified atom stereocenters. The first-order valence-electron chi connectivity index (χ1n) is 11.5. The van der Waals surface area contributed by atoms with Gasteiger partial charge in [0.2, 0.25) is 0 Å². The summed E-state index contributed by atoms with van der Waals surface area (Å²) in [6.45, 7) is 18.5. The highest BCUT2D eigenvalue weighted by atomic mass is 28.2. The Kier molecular flexibility index (Phi) is 15.0. The fraction of sp³-hybridized carbons (Fsp3) is 0.760. The molecular formula is C25H48O4Si. The molecule has 0 radical (unpaired) electrons. The first-order valence-corrected chi connectivity index (χ1v) is 12.4. The third-order valence-electron chi connectivity index (χ3n) is 5.83. The molecule has 0 heterocycles. The Morgan fingerprint density at radius 2 is 0.933 bits per heavy atom. The molecule has 0 aromatic carbocycles. The molecule has 0 N–H and O–H groups in total. The molecule has 176 valence electrons. The number of hydrogen-bond acceptors (Lipinski definition) is 4. The van der Waals surface area contributed by atoms with E-state index in [9.17, 15) is 0 Å². The largest absolute Gasteiger partial charge is 0.496 e. The van der Waals surface area contributed by atoms with E-state index in [-0.39, 0.29) is 23.9 Å². The Morgan fingerprint density at radius 1 is 0.667 bits per heavy atom. The molecule has 0 amide bonds. The minimum Gasteiger partial charge on any atom is -0.496 e. The summed E-state index contributed by atoms with van der Waals surface area (Å²) in [5, 5.41) is 0. The van der Waals surface area contributed by atoms with E-state index in [1.807, 2.05) is 59.8 Å². The Labute approximate surface area is 189 Å². The molecule has 0 rings (SSSR count). The van der Waals surface area contributed by atoms with Crippen molar-refractivity contribution in [3.8, 4) is 0 Å². The van der Waals surface area contributed by atoms with Gasteiger partial charge in [-0.25, -0.2) is 0 Å². The molecule has 0 aliphatic carbocycles. The summed E-state index contributed by atoms with van der Waals surface area (Å²) in [5.74, 6) is 2.94. The number of hydrogen-bond donors (Lipinski definition) is 0. The van der Waals surface area contributed by atoms with Crippen LogP contribution in [0.15, 0.2) is 35.5 Å². The molecule has 0 saturated heterocycles. The molecular weight excluding hydrogens is 392 g/mol. The van der Waals surface area contributed by atoms with Crippen molar-refractivity contribution in [1.82, 2.24) is 0 Å². The van der Waals surface area contributed by atoms with Gasteiger partial charge in [-0.2, -0.15) is 0 Å². The zero-order valence-electron chi connectivity index (χ0n) is 21.3. The third-order valence-corrected chi connectivity index (χ3v) is 6.70. The molecule has 0 saturated carbocycles. The van der Waals surface area contributed by atoms with Crippen LogP contribution in [0.25, 0.3) is 0 Å². The van der Waals surface area contributed by atoms with Crippen LogP contribution < -0.4 is 0 Å².